The molecule has 1 aromatic heterocycles. The van der Waals surface area contributed by atoms with Crippen molar-refractivity contribution in [1.29, 1.82) is 0 Å². The van der Waals surface area contributed by atoms with Gasteiger partial charge < -0.3 is 10.6 Å². The van der Waals surface area contributed by atoms with E-state index in [9.17, 15) is 0 Å². The third-order valence-corrected chi connectivity index (χ3v) is 3.13. The lowest BCUT2D eigenvalue weighted by Crippen LogP contribution is -2.05. The summed E-state index contributed by atoms with van der Waals surface area (Å²) in [5.41, 5.74) is 2.48. The summed E-state index contributed by atoms with van der Waals surface area (Å²) < 4.78 is 0.855. The topological polar surface area (TPSA) is 49.8 Å². The van der Waals surface area contributed by atoms with Gasteiger partial charge in [-0.1, -0.05) is 35.9 Å². The van der Waals surface area contributed by atoms with Crippen molar-refractivity contribution >= 4 is 27.7 Å². The summed E-state index contributed by atoms with van der Waals surface area (Å²) in [6.07, 6.45) is 3.48. The molecular formula is C16H21BrN4. The van der Waals surface area contributed by atoms with Crippen LogP contribution in [0.1, 0.15) is 18.1 Å². The highest BCUT2D eigenvalue weighted by Gasteiger charge is 2.03. The van der Waals surface area contributed by atoms with Crippen LogP contribution in [0.25, 0.3) is 0 Å². The first-order chi connectivity index (χ1) is 10.1. The fourth-order valence-electron chi connectivity index (χ4n) is 1.50. The van der Waals surface area contributed by atoms with Gasteiger partial charge in [0.2, 0.25) is 5.95 Å². The van der Waals surface area contributed by atoms with Crippen molar-refractivity contribution in [3.63, 3.8) is 0 Å². The van der Waals surface area contributed by atoms with Crippen LogP contribution in [-0.4, -0.2) is 17.0 Å². The van der Waals surface area contributed by atoms with Gasteiger partial charge in [-0.05, 0) is 35.3 Å². The van der Waals surface area contributed by atoms with Gasteiger partial charge in [0.05, 0.1) is 4.47 Å². The van der Waals surface area contributed by atoms with Gasteiger partial charge >= 0.3 is 0 Å². The second kappa shape index (κ2) is 9.13. The number of hydrogen-bond donors (Lipinski definition) is 2. The Morgan fingerprint density at radius 3 is 2.48 bits per heavy atom. The van der Waals surface area contributed by atoms with Crippen molar-refractivity contribution in [3.05, 3.63) is 58.7 Å². The lowest BCUT2D eigenvalue weighted by molar-refractivity contribution is 1.07. The average molecular weight is 349 g/mol. The molecule has 2 N–H and O–H groups in total. The lowest BCUT2D eigenvalue weighted by Gasteiger charge is -2.09. The molecule has 1 heterocycles. The van der Waals surface area contributed by atoms with E-state index in [0.29, 0.717) is 5.95 Å². The zero-order chi connectivity index (χ0) is 15.7. The number of aromatic nitrogens is 2. The van der Waals surface area contributed by atoms with E-state index in [1.54, 1.807) is 19.3 Å². The van der Waals surface area contributed by atoms with Gasteiger partial charge in [0.1, 0.15) is 5.82 Å². The lowest BCUT2D eigenvalue weighted by atomic mass is 10.1. The van der Waals surface area contributed by atoms with Crippen molar-refractivity contribution in [2.75, 3.05) is 17.7 Å². The van der Waals surface area contributed by atoms with Crippen LogP contribution >= 0.6 is 15.9 Å². The molecule has 0 aliphatic rings. The molecule has 0 aliphatic heterocycles. The molecule has 5 heteroatoms. The first-order valence-electron chi connectivity index (χ1n) is 6.67. The van der Waals surface area contributed by atoms with E-state index in [0.717, 1.165) is 16.8 Å². The number of allylic oxidation sites excluding steroid dienone is 1. The highest BCUT2D eigenvalue weighted by atomic mass is 79.9. The second-order valence-electron chi connectivity index (χ2n) is 4.39. The number of rotatable bonds is 4. The van der Waals surface area contributed by atoms with Crippen molar-refractivity contribution in [3.8, 4) is 0 Å². The Morgan fingerprint density at radius 2 is 1.90 bits per heavy atom. The molecule has 0 spiro atoms. The SMILES string of the molecule is C=CC.CNc1ncc(Br)c(NCc2ccc(C)cc2)n1. The van der Waals surface area contributed by atoms with E-state index in [1.807, 2.05) is 6.92 Å². The number of halogens is 1. The standard InChI is InChI=1S/C13H15BrN4.C3H6/c1-9-3-5-10(6-4-9)7-16-12-11(14)8-17-13(15-2)18-12;1-3-2/h3-6,8H,7H2,1-2H3,(H2,15,16,17,18);3H,1H2,2H3. The highest BCUT2D eigenvalue weighted by Crippen LogP contribution is 2.20. The summed E-state index contributed by atoms with van der Waals surface area (Å²) in [7, 11) is 1.80. The summed E-state index contributed by atoms with van der Waals surface area (Å²) in [6, 6.07) is 8.42. The summed E-state index contributed by atoms with van der Waals surface area (Å²) >= 11 is 3.43. The molecule has 0 aliphatic carbocycles. The van der Waals surface area contributed by atoms with E-state index in [-0.39, 0.29) is 0 Å². The molecule has 0 atom stereocenters. The summed E-state index contributed by atoms with van der Waals surface area (Å²) in [6.45, 7) is 8.07. The molecule has 4 nitrogen and oxygen atoms in total. The molecular weight excluding hydrogens is 328 g/mol. The number of benzene rings is 1. The van der Waals surface area contributed by atoms with E-state index in [2.05, 4.69) is 74.3 Å². The average Bonchev–Trinajstić information content (AvgIpc) is 2.49. The quantitative estimate of drug-likeness (QED) is 0.804. The minimum absolute atomic E-state index is 0.601. The third-order valence-electron chi connectivity index (χ3n) is 2.55. The molecule has 2 rings (SSSR count). The molecule has 0 unspecified atom stereocenters. The summed E-state index contributed by atoms with van der Waals surface area (Å²) in [4.78, 5) is 8.46. The second-order valence-corrected chi connectivity index (χ2v) is 5.24. The number of aryl methyl sites for hydroxylation is 1. The van der Waals surface area contributed by atoms with Gasteiger partial charge in [-0.25, -0.2) is 4.98 Å². The first kappa shape index (κ1) is 17.2. The summed E-state index contributed by atoms with van der Waals surface area (Å²) in [5.74, 6) is 1.39. The Hall–Kier alpha value is -1.88. The highest BCUT2D eigenvalue weighted by molar-refractivity contribution is 9.10. The van der Waals surface area contributed by atoms with Gasteiger partial charge in [-0.3, -0.25) is 0 Å². The Labute approximate surface area is 134 Å². The summed E-state index contributed by atoms with van der Waals surface area (Å²) in [5, 5.41) is 6.20. The van der Waals surface area contributed by atoms with Crippen LogP contribution in [0.3, 0.4) is 0 Å². The smallest absolute Gasteiger partial charge is 0.224 e. The van der Waals surface area contributed by atoms with Gasteiger partial charge in [0.25, 0.3) is 0 Å². The maximum Gasteiger partial charge on any atom is 0.224 e. The molecule has 21 heavy (non-hydrogen) atoms. The fraction of sp³-hybridized carbons (Fsp3) is 0.250. The molecule has 0 radical (unpaired) electrons. The monoisotopic (exact) mass is 348 g/mol. The Bertz CT molecular complexity index is 567. The van der Waals surface area contributed by atoms with Crippen LogP contribution in [0.2, 0.25) is 0 Å². The fourth-order valence-corrected chi connectivity index (χ4v) is 1.83. The molecule has 0 saturated carbocycles. The molecule has 0 bridgehead atoms. The van der Waals surface area contributed by atoms with Gasteiger partial charge in [-0.2, -0.15) is 4.98 Å². The predicted octanol–water partition coefficient (Wildman–Crippen LogP) is 4.39. The zero-order valence-electron chi connectivity index (χ0n) is 12.7. The van der Waals surface area contributed by atoms with Crippen molar-refractivity contribution < 1.29 is 0 Å². The van der Waals surface area contributed by atoms with Crippen molar-refractivity contribution in [1.82, 2.24) is 9.97 Å². The zero-order valence-corrected chi connectivity index (χ0v) is 14.2. The van der Waals surface area contributed by atoms with Crippen LogP contribution in [0.15, 0.2) is 47.6 Å². The normalized spacial score (nSPS) is 9.33. The van der Waals surface area contributed by atoms with Crippen LogP contribution in [-0.2, 0) is 6.54 Å². The third kappa shape index (κ3) is 5.95. The number of anilines is 2. The van der Waals surface area contributed by atoms with E-state index >= 15 is 0 Å². The molecule has 2 aromatic rings. The van der Waals surface area contributed by atoms with E-state index < -0.39 is 0 Å². The predicted molar refractivity (Wildman–Crippen MR) is 93.7 cm³/mol. The van der Waals surface area contributed by atoms with Crippen LogP contribution in [0.4, 0.5) is 11.8 Å². The van der Waals surface area contributed by atoms with E-state index in [1.165, 1.54) is 11.1 Å². The molecule has 112 valence electrons. The van der Waals surface area contributed by atoms with Gasteiger partial charge in [-0.15, -0.1) is 6.58 Å². The maximum atomic E-state index is 4.34. The number of nitrogens with zero attached hydrogens (tertiary/aromatic N) is 2. The van der Waals surface area contributed by atoms with Crippen LogP contribution in [0, 0.1) is 6.92 Å². The largest absolute Gasteiger partial charge is 0.365 e. The minimum Gasteiger partial charge on any atom is -0.365 e. The minimum atomic E-state index is 0.601. The van der Waals surface area contributed by atoms with Gasteiger partial charge in [0.15, 0.2) is 0 Å². The van der Waals surface area contributed by atoms with Gasteiger partial charge in [0, 0.05) is 19.8 Å². The Morgan fingerprint density at radius 1 is 1.29 bits per heavy atom. The van der Waals surface area contributed by atoms with Crippen LogP contribution in [0.5, 0.6) is 0 Å². The first-order valence-corrected chi connectivity index (χ1v) is 7.46. The Balaban J connectivity index is 0.000000677. The number of hydrogen-bond acceptors (Lipinski definition) is 4. The molecule has 0 fully saturated rings. The Kier molecular flexibility index (Phi) is 7.46. The molecule has 0 amide bonds. The maximum absolute atomic E-state index is 4.34. The number of nitrogens with one attached hydrogen (secondary N) is 2. The van der Waals surface area contributed by atoms with Crippen molar-refractivity contribution in [2.45, 2.75) is 20.4 Å². The molecule has 0 saturated heterocycles. The van der Waals surface area contributed by atoms with Crippen LogP contribution < -0.4 is 10.6 Å². The van der Waals surface area contributed by atoms with Crippen molar-refractivity contribution in [2.24, 2.45) is 0 Å². The van der Waals surface area contributed by atoms with E-state index in [4.69, 9.17) is 0 Å². The molecule has 1 aromatic carbocycles.